The van der Waals surface area contributed by atoms with Crippen molar-refractivity contribution in [2.24, 2.45) is 0 Å². The standard InChI is InChI=1S/C17H13Cl2NS/c18-15-5-4-11(7-16(15)19)6-12-8-17(21-10-12)13-2-1-3-14(20)9-13/h1-5,7-10H,6,20H2. The van der Waals surface area contributed by atoms with Crippen molar-refractivity contribution in [3.05, 3.63) is 75.1 Å². The van der Waals surface area contributed by atoms with Gasteiger partial charge in [-0.2, -0.15) is 0 Å². The van der Waals surface area contributed by atoms with Crippen molar-refractivity contribution < 1.29 is 0 Å². The molecule has 0 unspecified atom stereocenters. The summed E-state index contributed by atoms with van der Waals surface area (Å²) in [6.45, 7) is 0. The fraction of sp³-hybridized carbons (Fsp3) is 0.0588. The summed E-state index contributed by atoms with van der Waals surface area (Å²) in [5.41, 5.74) is 10.2. The Labute approximate surface area is 137 Å². The molecule has 0 saturated heterocycles. The van der Waals surface area contributed by atoms with Gasteiger partial charge in [0.15, 0.2) is 0 Å². The summed E-state index contributed by atoms with van der Waals surface area (Å²) < 4.78 is 0. The van der Waals surface area contributed by atoms with Crippen LogP contribution in [0.2, 0.25) is 10.0 Å². The Kier molecular flexibility index (Phi) is 4.20. The number of nitrogens with two attached hydrogens (primary N) is 1. The monoisotopic (exact) mass is 333 g/mol. The van der Waals surface area contributed by atoms with Gasteiger partial charge in [0.25, 0.3) is 0 Å². The Morgan fingerprint density at radius 1 is 0.905 bits per heavy atom. The quantitative estimate of drug-likeness (QED) is 0.593. The van der Waals surface area contributed by atoms with Crippen molar-refractivity contribution in [2.75, 3.05) is 5.73 Å². The highest BCUT2D eigenvalue weighted by Crippen LogP contribution is 2.30. The maximum atomic E-state index is 6.06. The molecule has 0 saturated carbocycles. The van der Waals surface area contributed by atoms with E-state index >= 15 is 0 Å². The third-order valence-electron chi connectivity index (χ3n) is 3.22. The molecule has 1 nitrogen and oxygen atoms in total. The van der Waals surface area contributed by atoms with Gasteiger partial charge in [-0.05, 0) is 58.8 Å². The zero-order valence-electron chi connectivity index (χ0n) is 11.1. The van der Waals surface area contributed by atoms with E-state index in [9.17, 15) is 0 Å². The molecule has 0 radical (unpaired) electrons. The smallest absolute Gasteiger partial charge is 0.0595 e. The van der Waals surface area contributed by atoms with E-state index in [0.29, 0.717) is 10.0 Å². The molecule has 1 aromatic heterocycles. The van der Waals surface area contributed by atoms with E-state index in [-0.39, 0.29) is 0 Å². The van der Waals surface area contributed by atoms with Crippen LogP contribution in [0.4, 0.5) is 5.69 Å². The third kappa shape index (κ3) is 3.41. The molecule has 0 aliphatic heterocycles. The molecule has 1 heterocycles. The molecule has 106 valence electrons. The number of hydrogen-bond donors (Lipinski definition) is 1. The van der Waals surface area contributed by atoms with Crippen molar-refractivity contribution >= 4 is 40.2 Å². The highest BCUT2D eigenvalue weighted by atomic mass is 35.5. The van der Waals surface area contributed by atoms with Crippen LogP contribution in [0.25, 0.3) is 10.4 Å². The predicted octanol–water partition coefficient (Wildman–Crippen LogP) is 5.89. The summed E-state index contributed by atoms with van der Waals surface area (Å²) in [5.74, 6) is 0. The van der Waals surface area contributed by atoms with Crippen LogP contribution in [0.5, 0.6) is 0 Å². The molecule has 0 atom stereocenters. The van der Waals surface area contributed by atoms with Crippen LogP contribution in [0.1, 0.15) is 11.1 Å². The first-order chi connectivity index (χ1) is 10.1. The first-order valence-corrected chi connectivity index (χ1v) is 8.12. The minimum atomic E-state index is 0.589. The average Bonchev–Trinajstić information content (AvgIpc) is 2.91. The molecular weight excluding hydrogens is 321 g/mol. The largest absolute Gasteiger partial charge is 0.399 e. The van der Waals surface area contributed by atoms with Crippen LogP contribution in [0.3, 0.4) is 0 Å². The van der Waals surface area contributed by atoms with E-state index in [1.165, 1.54) is 10.4 Å². The van der Waals surface area contributed by atoms with Gasteiger partial charge in [-0.3, -0.25) is 0 Å². The van der Waals surface area contributed by atoms with Crippen molar-refractivity contribution in [2.45, 2.75) is 6.42 Å². The van der Waals surface area contributed by atoms with Crippen molar-refractivity contribution in [3.8, 4) is 10.4 Å². The minimum absolute atomic E-state index is 0.589. The second-order valence-corrected chi connectivity index (χ2v) is 6.60. The van der Waals surface area contributed by atoms with Crippen LogP contribution >= 0.6 is 34.5 Å². The van der Waals surface area contributed by atoms with Crippen LogP contribution in [-0.2, 0) is 6.42 Å². The average molecular weight is 334 g/mol. The van der Waals surface area contributed by atoms with E-state index < -0.39 is 0 Å². The van der Waals surface area contributed by atoms with Gasteiger partial charge in [0.1, 0.15) is 0 Å². The third-order valence-corrected chi connectivity index (χ3v) is 4.98. The highest BCUT2D eigenvalue weighted by molar-refractivity contribution is 7.13. The molecule has 21 heavy (non-hydrogen) atoms. The van der Waals surface area contributed by atoms with E-state index in [1.807, 2.05) is 36.4 Å². The van der Waals surface area contributed by atoms with Gasteiger partial charge in [0.2, 0.25) is 0 Å². The molecule has 0 spiro atoms. The lowest BCUT2D eigenvalue weighted by atomic mass is 10.1. The minimum Gasteiger partial charge on any atom is -0.399 e. The Bertz CT molecular complexity index is 780. The molecule has 2 aromatic carbocycles. The Morgan fingerprint density at radius 3 is 2.52 bits per heavy atom. The van der Waals surface area contributed by atoms with Gasteiger partial charge in [-0.15, -0.1) is 11.3 Å². The number of hydrogen-bond acceptors (Lipinski definition) is 2. The lowest BCUT2D eigenvalue weighted by molar-refractivity contribution is 1.21. The molecule has 0 bridgehead atoms. The van der Waals surface area contributed by atoms with Crippen molar-refractivity contribution in [3.63, 3.8) is 0 Å². The zero-order valence-corrected chi connectivity index (χ0v) is 13.5. The first kappa shape index (κ1) is 14.5. The highest BCUT2D eigenvalue weighted by Gasteiger charge is 2.05. The number of anilines is 1. The van der Waals surface area contributed by atoms with E-state index in [4.69, 9.17) is 28.9 Å². The van der Waals surface area contributed by atoms with Crippen LogP contribution in [0, 0.1) is 0 Å². The van der Waals surface area contributed by atoms with E-state index in [0.717, 1.165) is 23.2 Å². The Hall–Kier alpha value is -1.48. The van der Waals surface area contributed by atoms with E-state index in [1.54, 1.807) is 11.3 Å². The topological polar surface area (TPSA) is 26.0 Å². The summed E-state index contributed by atoms with van der Waals surface area (Å²) in [6.07, 6.45) is 0.843. The molecule has 3 aromatic rings. The summed E-state index contributed by atoms with van der Waals surface area (Å²) in [4.78, 5) is 1.22. The number of halogens is 2. The van der Waals surface area contributed by atoms with Gasteiger partial charge >= 0.3 is 0 Å². The SMILES string of the molecule is Nc1cccc(-c2cc(Cc3ccc(Cl)c(Cl)c3)cs2)c1. The molecule has 0 fully saturated rings. The summed E-state index contributed by atoms with van der Waals surface area (Å²) in [5, 5.41) is 3.35. The number of benzene rings is 2. The van der Waals surface area contributed by atoms with Gasteiger partial charge in [0.05, 0.1) is 10.0 Å². The maximum Gasteiger partial charge on any atom is 0.0595 e. The molecule has 4 heteroatoms. The number of rotatable bonds is 3. The van der Waals surface area contributed by atoms with Gasteiger partial charge in [-0.25, -0.2) is 0 Å². The van der Waals surface area contributed by atoms with Crippen molar-refractivity contribution in [1.82, 2.24) is 0 Å². The molecule has 2 N–H and O–H groups in total. The molecular formula is C17H13Cl2NS. The van der Waals surface area contributed by atoms with Crippen LogP contribution < -0.4 is 5.73 Å². The summed E-state index contributed by atoms with van der Waals surface area (Å²) >= 11 is 13.7. The normalized spacial score (nSPS) is 10.8. The van der Waals surface area contributed by atoms with E-state index in [2.05, 4.69) is 17.5 Å². The van der Waals surface area contributed by atoms with Crippen LogP contribution in [-0.4, -0.2) is 0 Å². The molecule has 0 amide bonds. The predicted molar refractivity (Wildman–Crippen MR) is 93.4 cm³/mol. The Balaban J connectivity index is 1.83. The van der Waals surface area contributed by atoms with Gasteiger partial charge < -0.3 is 5.73 Å². The molecule has 0 aliphatic rings. The second kappa shape index (κ2) is 6.10. The number of nitrogen functional groups attached to an aromatic ring is 1. The number of thiophene rings is 1. The molecule has 3 rings (SSSR count). The lowest BCUT2D eigenvalue weighted by Crippen LogP contribution is -1.86. The summed E-state index contributed by atoms with van der Waals surface area (Å²) in [6, 6.07) is 15.9. The second-order valence-electron chi connectivity index (χ2n) is 4.87. The fourth-order valence-corrected chi connectivity index (χ4v) is 3.43. The lowest BCUT2D eigenvalue weighted by Gasteiger charge is -2.02. The van der Waals surface area contributed by atoms with Crippen molar-refractivity contribution in [1.29, 1.82) is 0 Å². The molecule has 0 aliphatic carbocycles. The first-order valence-electron chi connectivity index (χ1n) is 6.49. The zero-order chi connectivity index (χ0) is 14.8. The van der Waals surface area contributed by atoms with Crippen LogP contribution in [0.15, 0.2) is 53.9 Å². The Morgan fingerprint density at radius 2 is 1.76 bits per heavy atom. The fourth-order valence-electron chi connectivity index (χ4n) is 2.20. The maximum absolute atomic E-state index is 6.06. The van der Waals surface area contributed by atoms with Gasteiger partial charge in [0, 0.05) is 10.6 Å². The van der Waals surface area contributed by atoms with Gasteiger partial charge in [-0.1, -0.05) is 41.4 Å². The summed E-state index contributed by atoms with van der Waals surface area (Å²) in [7, 11) is 0.